The van der Waals surface area contributed by atoms with E-state index in [1.807, 2.05) is 0 Å². The second kappa shape index (κ2) is 29.5. The van der Waals surface area contributed by atoms with Gasteiger partial charge < -0.3 is 67.7 Å². The van der Waals surface area contributed by atoms with Crippen LogP contribution in [0.2, 0.25) is 0 Å². The lowest BCUT2D eigenvalue weighted by molar-refractivity contribution is -0.275. The van der Waals surface area contributed by atoms with Gasteiger partial charge in [0.15, 0.2) is 24.8 Å². The number of hydrogen-bond donors (Lipinski definition) is 2. The molecule has 0 radical (unpaired) electrons. The molecule has 0 aromatic heterocycles. The van der Waals surface area contributed by atoms with Gasteiger partial charge in [0.1, 0.15) is 23.1 Å². The fourth-order valence-corrected chi connectivity index (χ4v) is 10.4. The number of nitrogens with zero attached hydrogens (tertiary/aromatic N) is 4. The van der Waals surface area contributed by atoms with Crippen LogP contribution in [-0.2, 0) is 60.7 Å². The minimum atomic E-state index is -5.12. The van der Waals surface area contributed by atoms with E-state index >= 15 is 9.59 Å². The van der Waals surface area contributed by atoms with Gasteiger partial charge in [0.05, 0.1) is 26.4 Å². The van der Waals surface area contributed by atoms with Gasteiger partial charge >= 0.3 is 24.7 Å². The molecule has 458 valence electrons. The molecule has 4 fully saturated rings. The van der Waals surface area contributed by atoms with Gasteiger partial charge in [-0.15, -0.1) is 26.3 Å². The molecular weight excluding hydrogens is 1130 g/mol. The van der Waals surface area contributed by atoms with Crippen molar-refractivity contribution < 1.29 is 102 Å². The maximum atomic E-state index is 15.1. The largest absolute Gasteiger partial charge is 0.573 e. The Kier molecular flexibility index (Phi) is 22.3. The molecule has 4 aliphatic heterocycles. The molecule has 4 aromatic carbocycles. The lowest BCUT2D eigenvalue weighted by Gasteiger charge is -2.40. The van der Waals surface area contributed by atoms with E-state index in [4.69, 9.17) is 28.4 Å². The smallest absolute Gasteiger partial charge is 0.445 e. The zero-order valence-corrected chi connectivity index (χ0v) is 45.6. The van der Waals surface area contributed by atoms with Gasteiger partial charge in [-0.3, -0.25) is 9.59 Å². The van der Waals surface area contributed by atoms with Gasteiger partial charge in [-0.05, 0) is 98.2 Å². The van der Waals surface area contributed by atoms with Crippen LogP contribution in [0, 0.1) is 11.6 Å². The van der Waals surface area contributed by atoms with Crippen molar-refractivity contribution in [1.82, 2.24) is 19.6 Å². The van der Waals surface area contributed by atoms with Crippen molar-refractivity contribution >= 4 is 23.8 Å². The van der Waals surface area contributed by atoms with Crippen LogP contribution in [0.5, 0.6) is 11.5 Å². The highest BCUT2D eigenvalue weighted by Crippen LogP contribution is 2.34. The van der Waals surface area contributed by atoms with Crippen LogP contribution in [-0.4, -0.2) is 169 Å². The van der Waals surface area contributed by atoms with Crippen LogP contribution in [0.15, 0.2) is 97.1 Å². The number of piperidine rings is 2. The number of halogens is 8. The van der Waals surface area contributed by atoms with Crippen LogP contribution in [0.1, 0.15) is 85.8 Å². The van der Waals surface area contributed by atoms with E-state index < -0.39 is 96.1 Å². The topological polar surface area (TPSA) is 196 Å². The van der Waals surface area contributed by atoms with Crippen LogP contribution < -0.4 is 9.47 Å². The third kappa shape index (κ3) is 18.7. The fraction of sp³-hybridized carbons (Fsp3) is 0.517. The molecule has 18 nitrogen and oxygen atoms in total. The van der Waals surface area contributed by atoms with Crippen LogP contribution in [0.3, 0.4) is 0 Å². The number of esters is 2. The molecule has 4 unspecified atom stereocenters. The molecule has 0 aliphatic carbocycles. The zero-order chi connectivity index (χ0) is 60.0. The van der Waals surface area contributed by atoms with E-state index in [2.05, 4.69) is 19.3 Å². The van der Waals surface area contributed by atoms with E-state index in [-0.39, 0.29) is 36.8 Å². The number of carbonyl (C=O) groups is 4. The van der Waals surface area contributed by atoms with E-state index in [1.165, 1.54) is 34.1 Å². The molecule has 84 heavy (non-hydrogen) atoms. The standard InChI is InChI=1S/C58H66F8N4O14/c59-41-11-3-37(4-12-41)35-69(43-19-25-67(26-20-43)29-23-47-77-31-1-32-78-47)53(73)51(39-7-15-45(16-8-39)83-57(61,62)63)81-55(75)49(71)50(72)56(76)82-52(40-9-17-46(18-10-40)84-58(64,65)66)54(74)70(36-38-5-13-42(60)14-6-38)44-21-27-68(28-22-44)30-24-48-79-33-2-34-80-48/h3-18,43-44,47-52,71-72H,1-2,19-36H2. The fourth-order valence-electron chi connectivity index (χ4n) is 10.4. The quantitative estimate of drug-likeness (QED) is 0.0543. The molecule has 26 heteroatoms. The van der Waals surface area contributed by atoms with Gasteiger partial charge in [-0.2, -0.15) is 0 Å². The minimum Gasteiger partial charge on any atom is -0.445 e. The Morgan fingerprint density at radius 3 is 1.14 bits per heavy atom. The van der Waals surface area contributed by atoms with Crippen molar-refractivity contribution in [3.63, 3.8) is 0 Å². The normalized spacial score (nSPS) is 18.9. The third-order valence-electron chi connectivity index (χ3n) is 14.8. The minimum absolute atomic E-state index is 0.199. The van der Waals surface area contributed by atoms with Crippen molar-refractivity contribution in [3.8, 4) is 11.5 Å². The summed E-state index contributed by atoms with van der Waals surface area (Å²) in [4.78, 5) is 65.4. The molecule has 8 rings (SSSR count). The highest BCUT2D eigenvalue weighted by molar-refractivity contribution is 5.91. The number of alkyl halides is 6. The zero-order valence-electron chi connectivity index (χ0n) is 45.6. The molecule has 2 N–H and O–H groups in total. The molecule has 4 aliphatic rings. The van der Waals surface area contributed by atoms with E-state index in [0.717, 1.165) is 85.6 Å². The molecule has 4 aromatic rings. The summed E-state index contributed by atoms with van der Waals surface area (Å²) in [5.74, 6) is -8.16. The summed E-state index contributed by atoms with van der Waals surface area (Å²) in [6, 6.07) is 16.5. The van der Waals surface area contributed by atoms with Gasteiger partial charge in [0.2, 0.25) is 12.2 Å². The number of aliphatic hydroxyl groups excluding tert-OH is 2. The Bertz CT molecular complexity index is 2550. The number of hydrogen-bond acceptors (Lipinski definition) is 16. The van der Waals surface area contributed by atoms with Gasteiger partial charge in [0, 0.05) is 88.4 Å². The van der Waals surface area contributed by atoms with E-state index in [9.17, 15) is 54.9 Å². The maximum absolute atomic E-state index is 15.1. The van der Waals surface area contributed by atoms with Crippen molar-refractivity contribution in [1.29, 1.82) is 0 Å². The van der Waals surface area contributed by atoms with Crippen molar-refractivity contribution in [2.45, 2.75) is 126 Å². The predicted molar refractivity (Wildman–Crippen MR) is 279 cm³/mol. The second-order valence-electron chi connectivity index (χ2n) is 20.7. The Hall–Kier alpha value is -6.52. The average molecular weight is 1200 g/mol. The summed E-state index contributed by atoms with van der Waals surface area (Å²) in [6.45, 7) is 4.94. The molecule has 4 atom stereocenters. The molecule has 2 amide bonds. The maximum Gasteiger partial charge on any atom is 0.573 e. The highest BCUT2D eigenvalue weighted by Gasteiger charge is 2.43. The monoisotopic (exact) mass is 1190 g/mol. The number of aliphatic hydroxyl groups is 2. The lowest BCUT2D eigenvalue weighted by atomic mass is 9.99. The van der Waals surface area contributed by atoms with Crippen LogP contribution in [0.25, 0.3) is 0 Å². The number of likely N-dealkylation sites (tertiary alicyclic amines) is 2. The summed E-state index contributed by atoms with van der Waals surface area (Å²) in [7, 11) is 0. The SMILES string of the molecule is O=C(OC(C(=O)N(Cc1ccc(F)cc1)C1CCN(CCC2OCCCO2)CC1)c1ccc(OC(F)(F)F)cc1)C(O)C(O)C(=O)OC(C(=O)N(Cc1ccc(F)cc1)C1CCN(CCC2OCCCO2)CC1)c1ccc(OC(F)(F)F)cc1. The summed E-state index contributed by atoms with van der Waals surface area (Å²) in [5.41, 5.74) is 0.369. The van der Waals surface area contributed by atoms with Crippen LogP contribution >= 0.6 is 0 Å². The Balaban J connectivity index is 1.04. The first-order chi connectivity index (χ1) is 40.1. The number of carbonyl (C=O) groups excluding carboxylic acids is 4. The lowest BCUT2D eigenvalue weighted by Crippen LogP contribution is -2.50. The molecular formula is C58H66F8N4O14. The Morgan fingerprint density at radius 2 is 0.833 bits per heavy atom. The van der Waals surface area contributed by atoms with E-state index in [1.54, 1.807) is 0 Å². The molecule has 0 bridgehead atoms. The number of benzene rings is 4. The van der Waals surface area contributed by atoms with Crippen molar-refractivity contribution in [2.24, 2.45) is 0 Å². The van der Waals surface area contributed by atoms with Crippen molar-refractivity contribution in [2.75, 3.05) is 65.7 Å². The first-order valence-electron chi connectivity index (χ1n) is 27.6. The Morgan fingerprint density at radius 1 is 0.512 bits per heavy atom. The molecule has 4 saturated heterocycles. The van der Waals surface area contributed by atoms with Crippen LogP contribution in [0.4, 0.5) is 35.1 Å². The van der Waals surface area contributed by atoms with E-state index in [0.29, 0.717) is 115 Å². The Labute approximate surface area is 478 Å². The highest BCUT2D eigenvalue weighted by atomic mass is 19.4. The summed E-state index contributed by atoms with van der Waals surface area (Å²) in [6.07, 6.45) is -16.8. The first kappa shape index (κ1) is 63.5. The summed E-state index contributed by atoms with van der Waals surface area (Å²) >= 11 is 0. The number of ether oxygens (including phenoxy) is 8. The van der Waals surface area contributed by atoms with Gasteiger partial charge in [-0.25, -0.2) is 18.4 Å². The molecule has 4 heterocycles. The van der Waals surface area contributed by atoms with Gasteiger partial charge in [0.25, 0.3) is 11.8 Å². The first-order valence-corrected chi connectivity index (χ1v) is 27.6. The average Bonchev–Trinajstić information content (AvgIpc) is 3.66. The predicted octanol–water partition coefficient (Wildman–Crippen LogP) is 7.65. The summed E-state index contributed by atoms with van der Waals surface area (Å²) in [5, 5.41) is 22.9. The number of rotatable bonds is 23. The molecule has 0 spiro atoms. The van der Waals surface area contributed by atoms with Gasteiger partial charge in [-0.1, -0.05) is 48.5 Å². The molecule has 0 saturated carbocycles. The van der Waals surface area contributed by atoms with Crippen molar-refractivity contribution in [3.05, 3.63) is 131 Å². The third-order valence-corrected chi connectivity index (χ3v) is 14.8. The second-order valence-corrected chi connectivity index (χ2v) is 20.7. The number of amides is 2. The summed E-state index contributed by atoms with van der Waals surface area (Å²) < 4.78 is 150.